The number of anilines is 1. The van der Waals surface area contributed by atoms with Crippen molar-refractivity contribution in [2.45, 2.75) is 44.7 Å². The lowest BCUT2D eigenvalue weighted by Crippen LogP contribution is -2.33. The molecule has 5 heterocycles. The van der Waals surface area contributed by atoms with Crippen molar-refractivity contribution >= 4 is 11.5 Å². The average molecular weight is 366 g/mol. The van der Waals surface area contributed by atoms with Crippen LogP contribution < -0.4 is 4.90 Å². The van der Waals surface area contributed by atoms with Crippen LogP contribution in [-0.4, -0.2) is 61.7 Å². The van der Waals surface area contributed by atoms with Gasteiger partial charge in [0.25, 0.3) is 0 Å². The maximum absolute atomic E-state index is 4.72. The van der Waals surface area contributed by atoms with E-state index in [1.807, 2.05) is 35.6 Å². The molecule has 3 aromatic heterocycles. The van der Waals surface area contributed by atoms with Gasteiger partial charge in [-0.1, -0.05) is 0 Å². The van der Waals surface area contributed by atoms with Crippen LogP contribution in [0.4, 0.5) is 5.82 Å². The molecular weight excluding hydrogens is 340 g/mol. The Hall–Kier alpha value is -2.48. The van der Waals surface area contributed by atoms with Crippen molar-refractivity contribution in [1.82, 2.24) is 34.5 Å². The third kappa shape index (κ3) is 2.97. The molecule has 3 aromatic rings. The lowest BCUT2D eigenvalue weighted by Gasteiger charge is -2.31. The standard InChI is InChI=1S/C19H26N8/c1-24(2)18-6-5-17-21-22-19(27(17)23-18)14-7-10-25(11-8-14)13-15-12-20-26-9-3-4-16(15)26/h5-6,12,14H,3-4,7-11,13H2,1-2H3. The van der Waals surface area contributed by atoms with Gasteiger partial charge in [-0.15, -0.1) is 15.3 Å². The van der Waals surface area contributed by atoms with Crippen LogP contribution in [0.15, 0.2) is 18.3 Å². The van der Waals surface area contributed by atoms with Gasteiger partial charge in [-0.25, -0.2) is 0 Å². The number of aryl methyl sites for hydroxylation is 1. The highest BCUT2D eigenvalue weighted by molar-refractivity contribution is 5.45. The van der Waals surface area contributed by atoms with Gasteiger partial charge in [0.05, 0.1) is 6.20 Å². The first-order valence-corrected chi connectivity index (χ1v) is 9.84. The predicted molar refractivity (Wildman–Crippen MR) is 103 cm³/mol. The monoisotopic (exact) mass is 366 g/mol. The number of hydrogen-bond acceptors (Lipinski definition) is 6. The molecule has 27 heavy (non-hydrogen) atoms. The highest BCUT2D eigenvalue weighted by Gasteiger charge is 2.26. The van der Waals surface area contributed by atoms with Gasteiger partial charge in [-0.05, 0) is 50.9 Å². The minimum atomic E-state index is 0.416. The van der Waals surface area contributed by atoms with Gasteiger partial charge in [0.2, 0.25) is 0 Å². The summed E-state index contributed by atoms with van der Waals surface area (Å²) in [6, 6.07) is 3.98. The topological polar surface area (TPSA) is 67.4 Å². The van der Waals surface area contributed by atoms with Gasteiger partial charge in [0, 0.05) is 44.4 Å². The molecule has 0 aliphatic carbocycles. The van der Waals surface area contributed by atoms with E-state index in [0.29, 0.717) is 5.92 Å². The number of fused-ring (bicyclic) bond motifs is 2. The first-order valence-electron chi connectivity index (χ1n) is 9.84. The normalized spacial score (nSPS) is 18.3. The summed E-state index contributed by atoms with van der Waals surface area (Å²) in [6.45, 7) is 4.26. The smallest absolute Gasteiger partial charge is 0.178 e. The molecule has 0 spiro atoms. The Labute approximate surface area is 158 Å². The summed E-state index contributed by atoms with van der Waals surface area (Å²) in [5.41, 5.74) is 3.69. The van der Waals surface area contributed by atoms with Gasteiger partial charge < -0.3 is 4.90 Å². The van der Waals surface area contributed by atoms with Gasteiger partial charge >= 0.3 is 0 Å². The minimum absolute atomic E-state index is 0.416. The zero-order valence-electron chi connectivity index (χ0n) is 16.0. The molecule has 2 aliphatic rings. The van der Waals surface area contributed by atoms with Gasteiger partial charge in [0.15, 0.2) is 11.5 Å². The molecule has 0 radical (unpaired) electrons. The molecule has 0 unspecified atom stereocenters. The van der Waals surface area contributed by atoms with Crippen LogP contribution in [0.5, 0.6) is 0 Å². The van der Waals surface area contributed by atoms with Crippen molar-refractivity contribution in [2.75, 3.05) is 32.1 Å². The molecular formula is C19H26N8. The zero-order valence-corrected chi connectivity index (χ0v) is 16.0. The maximum Gasteiger partial charge on any atom is 0.178 e. The van der Waals surface area contributed by atoms with E-state index in [-0.39, 0.29) is 0 Å². The van der Waals surface area contributed by atoms with E-state index < -0.39 is 0 Å². The van der Waals surface area contributed by atoms with Crippen LogP contribution in [0.3, 0.4) is 0 Å². The van der Waals surface area contributed by atoms with E-state index in [4.69, 9.17) is 5.10 Å². The first kappa shape index (κ1) is 16.7. The van der Waals surface area contributed by atoms with Crippen LogP contribution in [0.25, 0.3) is 5.65 Å². The molecule has 0 atom stereocenters. The third-order valence-electron chi connectivity index (χ3n) is 5.90. The number of piperidine rings is 1. The molecule has 8 heteroatoms. The molecule has 0 aromatic carbocycles. The third-order valence-corrected chi connectivity index (χ3v) is 5.90. The summed E-state index contributed by atoms with van der Waals surface area (Å²) in [4.78, 5) is 4.56. The van der Waals surface area contributed by atoms with Crippen molar-refractivity contribution in [2.24, 2.45) is 0 Å². The molecule has 2 aliphatic heterocycles. The number of aromatic nitrogens is 6. The Balaban J connectivity index is 1.29. The Kier molecular flexibility index (Phi) is 4.07. The Morgan fingerprint density at radius 2 is 1.96 bits per heavy atom. The first-order chi connectivity index (χ1) is 13.2. The second kappa shape index (κ2) is 6.60. The van der Waals surface area contributed by atoms with Gasteiger partial charge in [-0.3, -0.25) is 9.58 Å². The Morgan fingerprint density at radius 1 is 1.11 bits per heavy atom. The Morgan fingerprint density at radius 3 is 2.78 bits per heavy atom. The van der Waals surface area contributed by atoms with Crippen LogP contribution in [0, 0.1) is 0 Å². The van der Waals surface area contributed by atoms with Gasteiger partial charge in [0.1, 0.15) is 5.82 Å². The predicted octanol–water partition coefficient (Wildman–Crippen LogP) is 1.71. The molecule has 0 saturated carbocycles. The Bertz CT molecular complexity index is 948. The van der Waals surface area contributed by atoms with Crippen molar-refractivity contribution in [3.63, 3.8) is 0 Å². The molecule has 5 rings (SSSR count). The fraction of sp³-hybridized carbons (Fsp3) is 0.579. The molecule has 1 saturated heterocycles. The lowest BCUT2D eigenvalue weighted by atomic mass is 9.95. The highest BCUT2D eigenvalue weighted by atomic mass is 15.4. The van der Waals surface area contributed by atoms with E-state index in [2.05, 4.69) is 31.1 Å². The minimum Gasteiger partial charge on any atom is -0.361 e. The summed E-state index contributed by atoms with van der Waals surface area (Å²) in [6.07, 6.45) is 6.67. The lowest BCUT2D eigenvalue weighted by molar-refractivity contribution is 0.200. The largest absolute Gasteiger partial charge is 0.361 e. The number of rotatable bonds is 4. The summed E-state index contributed by atoms with van der Waals surface area (Å²) in [5.74, 6) is 2.34. The fourth-order valence-corrected chi connectivity index (χ4v) is 4.34. The SMILES string of the molecule is CN(C)c1ccc2nnc(C3CCN(Cc4cnn5c4CCC5)CC3)n2n1. The fourth-order valence-electron chi connectivity index (χ4n) is 4.34. The maximum atomic E-state index is 4.72. The summed E-state index contributed by atoms with van der Waals surface area (Å²) >= 11 is 0. The average Bonchev–Trinajstić information content (AvgIpc) is 3.39. The molecule has 0 amide bonds. The van der Waals surface area contributed by atoms with E-state index in [0.717, 1.165) is 56.3 Å². The molecule has 0 N–H and O–H groups in total. The highest BCUT2D eigenvalue weighted by Crippen LogP contribution is 2.29. The van der Waals surface area contributed by atoms with Crippen molar-refractivity contribution in [3.8, 4) is 0 Å². The van der Waals surface area contributed by atoms with Crippen molar-refractivity contribution < 1.29 is 0 Å². The van der Waals surface area contributed by atoms with E-state index in [1.165, 1.54) is 24.1 Å². The quantitative estimate of drug-likeness (QED) is 0.700. The molecule has 8 nitrogen and oxygen atoms in total. The molecule has 1 fully saturated rings. The van der Waals surface area contributed by atoms with Crippen molar-refractivity contribution in [3.05, 3.63) is 35.4 Å². The van der Waals surface area contributed by atoms with E-state index in [1.54, 1.807) is 0 Å². The number of hydrogen-bond donors (Lipinski definition) is 0. The van der Waals surface area contributed by atoms with Crippen molar-refractivity contribution in [1.29, 1.82) is 0 Å². The van der Waals surface area contributed by atoms with Crippen LogP contribution in [-0.2, 0) is 19.5 Å². The number of likely N-dealkylation sites (tertiary alicyclic amines) is 1. The van der Waals surface area contributed by atoms with Crippen LogP contribution >= 0.6 is 0 Å². The summed E-state index contributed by atoms with van der Waals surface area (Å²) in [7, 11) is 4.01. The zero-order chi connectivity index (χ0) is 18.4. The van der Waals surface area contributed by atoms with Crippen LogP contribution in [0.1, 0.15) is 42.3 Å². The summed E-state index contributed by atoms with van der Waals surface area (Å²) in [5, 5.41) is 18.0. The van der Waals surface area contributed by atoms with Crippen LogP contribution in [0.2, 0.25) is 0 Å². The molecule has 0 bridgehead atoms. The van der Waals surface area contributed by atoms with E-state index >= 15 is 0 Å². The molecule has 142 valence electrons. The van der Waals surface area contributed by atoms with Gasteiger partial charge in [-0.2, -0.15) is 9.61 Å². The van der Waals surface area contributed by atoms with E-state index in [9.17, 15) is 0 Å². The second-order valence-electron chi connectivity index (χ2n) is 7.91. The summed E-state index contributed by atoms with van der Waals surface area (Å²) < 4.78 is 4.11. The number of nitrogens with zero attached hydrogens (tertiary/aromatic N) is 8. The second-order valence-corrected chi connectivity index (χ2v) is 7.91.